The van der Waals surface area contributed by atoms with E-state index in [1.54, 1.807) is 0 Å². The van der Waals surface area contributed by atoms with Gasteiger partial charge in [-0.15, -0.1) is 11.3 Å². The molecule has 0 bridgehead atoms. The lowest BCUT2D eigenvalue weighted by atomic mass is 10.2. The van der Waals surface area contributed by atoms with E-state index >= 15 is 0 Å². The number of sulfone groups is 1. The van der Waals surface area contributed by atoms with E-state index in [1.165, 1.54) is 24.3 Å². The smallest absolute Gasteiger partial charge is 0.301 e. The van der Waals surface area contributed by atoms with Gasteiger partial charge in [0.25, 0.3) is 0 Å². The molecule has 25 heavy (non-hydrogen) atoms. The quantitative estimate of drug-likeness (QED) is 0.847. The number of alkyl halides is 3. The summed E-state index contributed by atoms with van der Waals surface area (Å²) in [6, 6.07) is 7.67. The molecular weight excluding hydrogens is 379 g/mol. The number of nitrogens with zero attached hydrogens (tertiary/aromatic N) is 2. The molecule has 0 saturated carbocycles. The van der Waals surface area contributed by atoms with Gasteiger partial charge in [-0.2, -0.15) is 18.4 Å². The molecule has 132 valence electrons. The minimum absolute atomic E-state index is 0.328. The highest BCUT2D eigenvalue weighted by Gasteiger charge is 2.34. The normalized spacial score (nSPS) is 11.8. The predicted octanol–water partition coefficient (Wildman–Crippen LogP) is 2.59. The Kier molecular flexibility index (Phi) is 5.44. The number of anilines is 1. The van der Waals surface area contributed by atoms with E-state index in [0.717, 1.165) is 5.38 Å². The summed E-state index contributed by atoms with van der Waals surface area (Å²) in [7, 11) is -3.84. The molecule has 1 aromatic heterocycles. The Morgan fingerprint density at radius 3 is 2.44 bits per heavy atom. The highest BCUT2D eigenvalue weighted by molar-refractivity contribution is 7.91. The molecule has 0 saturated heterocycles. The minimum Gasteiger partial charge on any atom is -0.301 e. The average Bonchev–Trinajstić information content (AvgIpc) is 2.95. The van der Waals surface area contributed by atoms with E-state index in [9.17, 15) is 26.4 Å². The molecule has 1 heterocycles. The van der Waals surface area contributed by atoms with Crippen LogP contribution in [0.1, 0.15) is 16.8 Å². The summed E-state index contributed by atoms with van der Waals surface area (Å²) in [5, 5.41) is 11.1. The first-order chi connectivity index (χ1) is 11.6. The number of nitrogens with one attached hydrogen (secondary N) is 1. The van der Waals surface area contributed by atoms with E-state index in [0.29, 0.717) is 22.5 Å². The predicted molar refractivity (Wildman–Crippen MR) is 84.4 cm³/mol. The second-order valence-corrected chi connectivity index (χ2v) is 7.85. The second-order valence-electron chi connectivity index (χ2n) is 4.92. The third-order valence-corrected chi connectivity index (χ3v) is 5.09. The fourth-order valence-electron chi connectivity index (χ4n) is 1.80. The van der Waals surface area contributed by atoms with Crippen LogP contribution < -0.4 is 5.32 Å². The Balaban J connectivity index is 1.98. The van der Waals surface area contributed by atoms with Crippen molar-refractivity contribution in [2.24, 2.45) is 0 Å². The van der Waals surface area contributed by atoms with Crippen molar-refractivity contribution in [3.05, 3.63) is 46.5 Å². The van der Waals surface area contributed by atoms with Gasteiger partial charge in [-0.3, -0.25) is 4.79 Å². The summed E-state index contributed by atoms with van der Waals surface area (Å²) < 4.78 is 61.3. The highest BCUT2D eigenvalue weighted by atomic mass is 32.2. The largest absolute Gasteiger partial charge is 0.434 e. The van der Waals surface area contributed by atoms with Gasteiger partial charge in [-0.05, 0) is 17.7 Å². The average molecular weight is 389 g/mol. The molecule has 0 unspecified atom stereocenters. The number of hydrogen-bond acceptors (Lipinski definition) is 6. The molecule has 0 spiro atoms. The van der Waals surface area contributed by atoms with Crippen molar-refractivity contribution in [3.63, 3.8) is 0 Å². The van der Waals surface area contributed by atoms with Crippen LogP contribution in [0.3, 0.4) is 0 Å². The van der Waals surface area contributed by atoms with E-state index in [-0.39, 0.29) is 5.13 Å². The summed E-state index contributed by atoms with van der Waals surface area (Å²) in [4.78, 5) is 14.9. The molecule has 2 aromatic rings. The molecule has 0 radical (unpaired) electrons. The van der Waals surface area contributed by atoms with Crippen LogP contribution in [0.5, 0.6) is 0 Å². The van der Waals surface area contributed by atoms with Gasteiger partial charge in [-0.1, -0.05) is 12.1 Å². The van der Waals surface area contributed by atoms with Crippen LogP contribution in [0.2, 0.25) is 0 Å². The molecule has 0 atom stereocenters. The van der Waals surface area contributed by atoms with E-state index in [1.807, 2.05) is 11.4 Å². The third-order valence-electron chi connectivity index (χ3n) is 2.86. The van der Waals surface area contributed by atoms with Gasteiger partial charge in [-0.25, -0.2) is 13.4 Å². The molecule has 0 aliphatic heterocycles. The number of hydrogen-bond donors (Lipinski definition) is 1. The number of amides is 1. The van der Waals surface area contributed by atoms with E-state index in [4.69, 9.17) is 5.26 Å². The van der Waals surface area contributed by atoms with E-state index < -0.39 is 39.1 Å². The standard InChI is InChI=1S/C14H10F3N3O3S2/c15-14(16,17)11-6-24-13(19-11)20-12(21)8-25(22,23)7-10-3-1-9(5-18)2-4-10/h1-4,6H,7-8H2,(H,19,20,21). The van der Waals surface area contributed by atoms with Crippen molar-refractivity contribution in [1.29, 1.82) is 5.26 Å². The summed E-state index contributed by atoms with van der Waals surface area (Å²) in [6.45, 7) is 0. The maximum Gasteiger partial charge on any atom is 0.434 e. The van der Waals surface area contributed by atoms with Crippen LogP contribution in [0, 0.1) is 11.3 Å². The van der Waals surface area contributed by atoms with Crippen LogP contribution in [0.15, 0.2) is 29.6 Å². The van der Waals surface area contributed by atoms with Gasteiger partial charge in [0.2, 0.25) is 5.91 Å². The van der Waals surface area contributed by atoms with Gasteiger partial charge >= 0.3 is 6.18 Å². The van der Waals surface area contributed by atoms with E-state index in [2.05, 4.69) is 4.98 Å². The Morgan fingerprint density at radius 2 is 1.92 bits per heavy atom. The summed E-state index contributed by atoms with van der Waals surface area (Å²) >= 11 is 0.550. The number of thiazole rings is 1. The van der Waals surface area contributed by atoms with Gasteiger partial charge in [0.15, 0.2) is 20.7 Å². The molecule has 1 N–H and O–H groups in total. The highest BCUT2D eigenvalue weighted by Crippen LogP contribution is 2.31. The van der Waals surface area contributed by atoms with Crippen molar-refractivity contribution < 1.29 is 26.4 Å². The zero-order valence-corrected chi connectivity index (χ0v) is 14.0. The first-order valence-electron chi connectivity index (χ1n) is 6.61. The molecule has 11 heteroatoms. The van der Waals surface area contributed by atoms with Gasteiger partial charge < -0.3 is 5.32 Å². The number of rotatable bonds is 5. The summed E-state index contributed by atoms with van der Waals surface area (Å²) in [5.41, 5.74) is -0.406. The zero-order valence-electron chi connectivity index (χ0n) is 12.4. The molecule has 1 aromatic carbocycles. The molecule has 0 aliphatic carbocycles. The molecule has 6 nitrogen and oxygen atoms in total. The molecular formula is C14H10F3N3O3S2. The van der Waals surface area contributed by atoms with Crippen molar-refractivity contribution in [2.75, 3.05) is 11.1 Å². The minimum atomic E-state index is -4.64. The fraction of sp³-hybridized carbons (Fsp3) is 0.214. The molecule has 0 aliphatic rings. The van der Waals surface area contributed by atoms with Crippen LogP contribution in [0.4, 0.5) is 18.3 Å². The lowest BCUT2D eigenvalue weighted by Crippen LogP contribution is -2.24. The Morgan fingerprint density at radius 1 is 1.28 bits per heavy atom. The summed E-state index contributed by atoms with van der Waals surface area (Å²) in [5.74, 6) is -2.30. The summed E-state index contributed by atoms with van der Waals surface area (Å²) in [6.07, 6.45) is -4.64. The molecule has 0 fully saturated rings. The molecule has 1 amide bonds. The SMILES string of the molecule is N#Cc1ccc(CS(=O)(=O)CC(=O)Nc2nc(C(F)(F)F)cs2)cc1. The number of aromatic nitrogens is 1. The van der Waals surface area contributed by atoms with Gasteiger partial charge in [0.1, 0.15) is 5.75 Å². The lowest BCUT2D eigenvalue weighted by Gasteiger charge is -2.05. The molecule has 2 rings (SSSR count). The van der Waals surface area contributed by atoms with Crippen molar-refractivity contribution in [2.45, 2.75) is 11.9 Å². The Bertz CT molecular complexity index is 913. The van der Waals surface area contributed by atoms with Crippen molar-refractivity contribution in [3.8, 4) is 6.07 Å². The maximum atomic E-state index is 12.4. The number of carbonyl (C=O) groups is 1. The monoisotopic (exact) mass is 389 g/mol. The maximum absolute atomic E-state index is 12.4. The topological polar surface area (TPSA) is 99.9 Å². The Hall–Kier alpha value is -2.45. The number of nitriles is 1. The lowest BCUT2D eigenvalue weighted by molar-refractivity contribution is -0.140. The number of carbonyl (C=O) groups excluding carboxylic acids is 1. The third kappa shape index (κ3) is 5.54. The zero-order chi connectivity index (χ0) is 18.7. The van der Waals surface area contributed by atoms with Crippen molar-refractivity contribution >= 4 is 32.2 Å². The van der Waals surface area contributed by atoms with Crippen LogP contribution in [-0.2, 0) is 26.6 Å². The van der Waals surface area contributed by atoms with Crippen LogP contribution >= 0.6 is 11.3 Å². The number of halogens is 3. The first-order valence-corrected chi connectivity index (χ1v) is 9.31. The Labute approximate surface area is 144 Å². The van der Waals surface area contributed by atoms with Gasteiger partial charge in [0, 0.05) is 5.38 Å². The number of benzene rings is 1. The van der Waals surface area contributed by atoms with Gasteiger partial charge in [0.05, 0.1) is 17.4 Å². The van der Waals surface area contributed by atoms with Crippen LogP contribution in [0.25, 0.3) is 0 Å². The fourth-order valence-corrected chi connectivity index (χ4v) is 3.80. The first kappa shape index (κ1) is 18.9. The second kappa shape index (κ2) is 7.20. The van der Waals surface area contributed by atoms with Crippen LogP contribution in [-0.4, -0.2) is 25.1 Å². The van der Waals surface area contributed by atoms with Crippen molar-refractivity contribution in [1.82, 2.24) is 4.98 Å².